The lowest BCUT2D eigenvalue weighted by Gasteiger charge is -2.48. The lowest BCUT2D eigenvalue weighted by Crippen LogP contribution is -2.66. The van der Waals surface area contributed by atoms with E-state index in [1.54, 1.807) is 0 Å². The third-order valence-corrected chi connectivity index (χ3v) is 14.1. The molecule has 12 N–H and O–H groups in total. The van der Waals surface area contributed by atoms with Crippen LogP contribution in [0.1, 0.15) is 181 Å². The number of rotatable bonds is 39. The van der Waals surface area contributed by atoms with E-state index in [-0.39, 0.29) is 18.9 Å². The molecule has 3 saturated heterocycles. The molecule has 17 atom stereocenters. The van der Waals surface area contributed by atoms with Crippen molar-refractivity contribution >= 4 is 5.91 Å². The fourth-order valence-electron chi connectivity index (χ4n) is 9.48. The van der Waals surface area contributed by atoms with E-state index in [1.807, 2.05) is 0 Å². The van der Waals surface area contributed by atoms with E-state index in [1.165, 1.54) is 83.5 Å². The zero-order valence-electron chi connectivity index (χ0n) is 43.0. The second-order valence-electron chi connectivity index (χ2n) is 20.0. The standard InChI is InChI=1S/C52H97NO18/c1-3-5-7-9-11-13-15-17-18-19-21-23-25-27-29-36(57)35(53-40(58)30-28-26-24-22-20-16-14-12-10-8-6-4-2)34-66-50-46(64)43(61)48(38(32-55)68-50)71-52-47(65)44(62)49(39(33-56)69-52)70-51-45(63)42(60)41(59)37(31-54)67-51/h12,14,35-39,41-52,54-57,59-65H,3-11,13,15-34H2,1-2H3,(H,53,58)/b14-12-. The van der Waals surface area contributed by atoms with E-state index in [4.69, 9.17) is 28.4 Å². The molecule has 3 heterocycles. The van der Waals surface area contributed by atoms with E-state index in [0.29, 0.717) is 12.8 Å². The monoisotopic (exact) mass is 1020 g/mol. The van der Waals surface area contributed by atoms with Crippen LogP contribution in [0.15, 0.2) is 12.2 Å². The van der Waals surface area contributed by atoms with Crippen LogP contribution in [-0.4, -0.2) is 193 Å². The van der Waals surface area contributed by atoms with Crippen LogP contribution in [0.25, 0.3) is 0 Å². The lowest BCUT2D eigenvalue weighted by molar-refractivity contribution is -0.379. The van der Waals surface area contributed by atoms with Gasteiger partial charge in [-0.25, -0.2) is 0 Å². The van der Waals surface area contributed by atoms with E-state index < -0.39 is 124 Å². The Labute approximate surface area is 423 Å². The molecule has 0 aromatic heterocycles. The van der Waals surface area contributed by atoms with Gasteiger partial charge in [-0.1, -0.05) is 148 Å². The highest BCUT2D eigenvalue weighted by molar-refractivity contribution is 5.76. The number of hydrogen-bond donors (Lipinski definition) is 12. The molecule has 19 heteroatoms. The topological polar surface area (TPSA) is 307 Å². The number of aliphatic hydroxyl groups excluding tert-OH is 11. The third-order valence-electron chi connectivity index (χ3n) is 14.1. The summed E-state index contributed by atoms with van der Waals surface area (Å²) in [6.07, 6.45) is 5.96. The van der Waals surface area contributed by atoms with Gasteiger partial charge in [0.2, 0.25) is 5.91 Å². The van der Waals surface area contributed by atoms with Gasteiger partial charge in [-0.05, 0) is 38.5 Å². The first kappa shape index (κ1) is 63.8. The molecule has 1 amide bonds. The molecule has 3 fully saturated rings. The molecule has 0 spiro atoms. The summed E-state index contributed by atoms with van der Waals surface area (Å²) in [5, 5.41) is 120. The number of hydrogen-bond acceptors (Lipinski definition) is 18. The van der Waals surface area contributed by atoms with Gasteiger partial charge in [0, 0.05) is 6.42 Å². The smallest absolute Gasteiger partial charge is 0.220 e. The highest BCUT2D eigenvalue weighted by Crippen LogP contribution is 2.33. The van der Waals surface area contributed by atoms with Crippen molar-refractivity contribution < 1.29 is 89.4 Å². The van der Waals surface area contributed by atoms with Crippen LogP contribution < -0.4 is 5.32 Å². The summed E-state index contributed by atoms with van der Waals surface area (Å²) in [6.45, 7) is 1.73. The summed E-state index contributed by atoms with van der Waals surface area (Å²) in [7, 11) is 0. The minimum atomic E-state index is -1.97. The number of ether oxygens (including phenoxy) is 6. The van der Waals surface area contributed by atoms with Crippen molar-refractivity contribution in [2.24, 2.45) is 0 Å². The quantitative estimate of drug-likeness (QED) is 0.0311. The summed E-state index contributed by atoms with van der Waals surface area (Å²) >= 11 is 0. The van der Waals surface area contributed by atoms with E-state index in [9.17, 15) is 61.0 Å². The second kappa shape index (κ2) is 37.3. The molecule has 418 valence electrons. The summed E-state index contributed by atoms with van der Waals surface area (Å²) in [4.78, 5) is 13.2. The molecule has 0 saturated carbocycles. The van der Waals surface area contributed by atoms with Gasteiger partial charge in [-0.3, -0.25) is 4.79 Å². The normalized spacial score (nSPS) is 32.3. The molecular formula is C52H97NO18. The molecule has 0 aliphatic carbocycles. The average Bonchev–Trinajstić information content (AvgIpc) is 3.36. The van der Waals surface area contributed by atoms with Crippen LogP contribution >= 0.6 is 0 Å². The number of nitrogens with one attached hydrogen (secondary N) is 1. The van der Waals surface area contributed by atoms with Gasteiger partial charge in [0.25, 0.3) is 0 Å². The first-order chi connectivity index (χ1) is 34.3. The van der Waals surface area contributed by atoms with Crippen molar-refractivity contribution in [1.82, 2.24) is 5.32 Å². The highest BCUT2D eigenvalue weighted by Gasteiger charge is 2.53. The van der Waals surface area contributed by atoms with Crippen LogP contribution in [0.2, 0.25) is 0 Å². The second-order valence-corrected chi connectivity index (χ2v) is 20.0. The number of carbonyl (C=O) groups is 1. The molecule has 0 bridgehead atoms. The number of aliphatic hydroxyl groups is 11. The van der Waals surface area contributed by atoms with Crippen molar-refractivity contribution in [3.8, 4) is 0 Å². The highest BCUT2D eigenvalue weighted by atomic mass is 16.8. The molecule has 19 nitrogen and oxygen atoms in total. The fourth-order valence-corrected chi connectivity index (χ4v) is 9.48. The SMILES string of the molecule is CCCCC/C=C\CCCCCCCC(=O)NC(COC1OC(CO)C(OC2OC(CO)C(OC3OC(CO)C(O)C(O)C3O)C(O)C2O)C(O)C1O)C(O)CCCCCCCCCCCCCCCC. The Hall–Kier alpha value is -1.47. The van der Waals surface area contributed by atoms with Crippen LogP contribution in [0, 0.1) is 0 Å². The Balaban J connectivity index is 1.54. The molecule has 0 aromatic rings. The van der Waals surface area contributed by atoms with Crippen LogP contribution in [0.4, 0.5) is 0 Å². The molecular weight excluding hydrogens is 927 g/mol. The Morgan fingerprint density at radius 1 is 0.493 bits per heavy atom. The van der Waals surface area contributed by atoms with Gasteiger partial charge in [-0.15, -0.1) is 0 Å². The van der Waals surface area contributed by atoms with Gasteiger partial charge in [0.15, 0.2) is 18.9 Å². The average molecular weight is 1020 g/mol. The first-order valence-electron chi connectivity index (χ1n) is 27.4. The third kappa shape index (κ3) is 22.7. The zero-order chi connectivity index (χ0) is 52.0. The molecule has 0 aromatic carbocycles. The Bertz CT molecular complexity index is 1360. The van der Waals surface area contributed by atoms with E-state index >= 15 is 0 Å². The maximum atomic E-state index is 13.2. The maximum Gasteiger partial charge on any atom is 0.220 e. The van der Waals surface area contributed by atoms with Crippen molar-refractivity contribution in [2.75, 3.05) is 26.4 Å². The van der Waals surface area contributed by atoms with Gasteiger partial charge in [-0.2, -0.15) is 0 Å². The Morgan fingerprint density at radius 3 is 1.39 bits per heavy atom. The van der Waals surface area contributed by atoms with Gasteiger partial charge in [0.05, 0.1) is 38.6 Å². The zero-order valence-corrected chi connectivity index (χ0v) is 43.0. The lowest BCUT2D eigenvalue weighted by atomic mass is 9.96. The van der Waals surface area contributed by atoms with Crippen LogP contribution in [-0.2, 0) is 33.2 Å². The minimum Gasteiger partial charge on any atom is -0.394 e. The van der Waals surface area contributed by atoms with Crippen LogP contribution in [0.3, 0.4) is 0 Å². The first-order valence-corrected chi connectivity index (χ1v) is 27.4. The molecule has 3 aliphatic heterocycles. The molecule has 0 radical (unpaired) electrons. The molecule has 3 rings (SSSR count). The van der Waals surface area contributed by atoms with Crippen LogP contribution in [0.5, 0.6) is 0 Å². The summed E-state index contributed by atoms with van der Waals surface area (Å²) in [5.41, 5.74) is 0. The molecule has 71 heavy (non-hydrogen) atoms. The van der Waals surface area contributed by atoms with Crippen molar-refractivity contribution in [1.29, 1.82) is 0 Å². The van der Waals surface area contributed by atoms with Gasteiger partial charge < -0.3 is 89.9 Å². The summed E-state index contributed by atoms with van der Waals surface area (Å²) in [5.74, 6) is -0.254. The van der Waals surface area contributed by atoms with Crippen molar-refractivity contribution in [3.05, 3.63) is 12.2 Å². The van der Waals surface area contributed by atoms with Gasteiger partial charge in [0.1, 0.15) is 73.2 Å². The largest absolute Gasteiger partial charge is 0.394 e. The number of unbranched alkanes of at least 4 members (excludes halogenated alkanes) is 21. The fraction of sp³-hybridized carbons (Fsp3) is 0.942. The number of carbonyl (C=O) groups excluding carboxylic acids is 1. The minimum absolute atomic E-state index is 0.254. The molecule has 3 aliphatic rings. The number of amides is 1. The Kier molecular flexibility index (Phi) is 33.5. The molecule has 17 unspecified atom stereocenters. The summed E-state index contributed by atoms with van der Waals surface area (Å²) < 4.78 is 34.2. The predicted molar refractivity (Wildman–Crippen MR) is 263 cm³/mol. The van der Waals surface area contributed by atoms with E-state index in [2.05, 4.69) is 31.3 Å². The maximum absolute atomic E-state index is 13.2. The van der Waals surface area contributed by atoms with Crippen molar-refractivity contribution in [3.63, 3.8) is 0 Å². The number of allylic oxidation sites excluding steroid dienone is 2. The Morgan fingerprint density at radius 2 is 0.887 bits per heavy atom. The summed E-state index contributed by atoms with van der Waals surface area (Å²) in [6, 6.07) is -0.885. The van der Waals surface area contributed by atoms with Gasteiger partial charge >= 0.3 is 0 Å². The van der Waals surface area contributed by atoms with Crippen molar-refractivity contribution in [2.45, 2.75) is 285 Å². The van der Waals surface area contributed by atoms with E-state index in [0.717, 1.165) is 64.2 Å². The predicted octanol–water partition coefficient (Wildman–Crippen LogP) is 3.04.